The van der Waals surface area contributed by atoms with Crippen molar-refractivity contribution in [2.45, 2.75) is 25.3 Å². The van der Waals surface area contributed by atoms with Crippen molar-refractivity contribution in [1.29, 1.82) is 0 Å². The molecule has 102 valence electrons. The Morgan fingerprint density at radius 3 is 3.05 bits per heavy atom. The fourth-order valence-electron chi connectivity index (χ4n) is 2.69. The number of aromatic nitrogens is 1. The minimum atomic E-state index is -0.0372. The molecule has 3 rings (SSSR count). The Labute approximate surface area is 121 Å². The molecule has 0 bridgehead atoms. The molecule has 1 aromatic rings. The van der Waals surface area contributed by atoms with E-state index >= 15 is 0 Å². The van der Waals surface area contributed by atoms with Crippen molar-refractivity contribution in [1.82, 2.24) is 15.2 Å². The van der Waals surface area contributed by atoms with Crippen LogP contribution in [0, 0.1) is 5.92 Å². The van der Waals surface area contributed by atoms with E-state index in [1.54, 1.807) is 18.3 Å². The molecule has 1 unspecified atom stereocenters. The summed E-state index contributed by atoms with van der Waals surface area (Å²) in [4.78, 5) is 18.7. The maximum Gasteiger partial charge on any atom is 0.254 e. The predicted molar refractivity (Wildman–Crippen MR) is 77.0 cm³/mol. The fourth-order valence-corrected chi connectivity index (χ4v) is 3.12. The van der Waals surface area contributed by atoms with Gasteiger partial charge < -0.3 is 10.2 Å². The van der Waals surface area contributed by atoms with Crippen LogP contribution in [0.15, 0.2) is 22.9 Å². The van der Waals surface area contributed by atoms with Gasteiger partial charge in [-0.1, -0.05) is 0 Å². The fraction of sp³-hybridized carbons (Fsp3) is 0.571. The molecule has 5 heteroatoms. The van der Waals surface area contributed by atoms with E-state index in [1.165, 1.54) is 25.8 Å². The summed E-state index contributed by atoms with van der Waals surface area (Å²) in [7, 11) is 0. The first-order valence-electron chi connectivity index (χ1n) is 6.87. The number of nitrogens with zero attached hydrogens (tertiary/aromatic N) is 2. The molecular formula is C14H18BrN3O. The molecule has 1 amide bonds. The second-order valence-corrected chi connectivity index (χ2v) is 6.18. The zero-order valence-electron chi connectivity index (χ0n) is 10.8. The average Bonchev–Trinajstić information content (AvgIpc) is 3.16. The summed E-state index contributed by atoms with van der Waals surface area (Å²) in [5.41, 5.74) is 0.611. The second-order valence-electron chi connectivity index (χ2n) is 5.43. The Bertz CT molecular complexity index is 476. The molecule has 4 nitrogen and oxygen atoms in total. The van der Waals surface area contributed by atoms with Crippen LogP contribution in [0.4, 0.5) is 0 Å². The Morgan fingerprint density at radius 1 is 1.47 bits per heavy atom. The smallest absolute Gasteiger partial charge is 0.254 e. The largest absolute Gasteiger partial charge is 0.352 e. The third-order valence-corrected chi connectivity index (χ3v) is 4.57. The number of carbonyl (C=O) groups excluding carboxylic acids is 1. The lowest BCUT2D eigenvalue weighted by molar-refractivity contribution is 0.0946. The second kappa shape index (κ2) is 5.59. The Morgan fingerprint density at radius 2 is 2.32 bits per heavy atom. The van der Waals surface area contributed by atoms with Gasteiger partial charge in [0.1, 0.15) is 4.60 Å². The monoisotopic (exact) mass is 323 g/mol. The van der Waals surface area contributed by atoms with Gasteiger partial charge in [0.05, 0.1) is 5.56 Å². The van der Waals surface area contributed by atoms with Gasteiger partial charge >= 0.3 is 0 Å². The minimum absolute atomic E-state index is 0.0372. The van der Waals surface area contributed by atoms with E-state index in [1.807, 2.05) is 0 Å². The molecule has 1 N–H and O–H groups in total. The SMILES string of the molecule is O=C(NCC1CCN(C2CC2)C1)c1cccnc1Br. The molecule has 1 saturated heterocycles. The van der Waals surface area contributed by atoms with Crippen LogP contribution in [0.2, 0.25) is 0 Å². The molecule has 2 fully saturated rings. The van der Waals surface area contributed by atoms with E-state index in [-0.39, 0.29) is 5.91 Å². The standard InChI is InChI=1S/C14H18BrN3O/c15-13-12(2-1-6-16-13)14(19)17-8-10-5-7-18(9-10)11-3-4-11/h1-2,6,10-11H,3-5,7-9H2,(H,17,19). The van der Waals surface area contributed by atoms with Crippen molar-refractivity contribution in [3.05, 3.63) is 28.5 Å². The summed E-state index contributed by atoms with van der Waals surface area (Å²) in [6, 6.07) is 4.41. The third kappa shape index (κ3) is 3.15. The van der Waals surface area contributed by atoms with E-state index < -0.39 is 0 Å². The van der Waals surface area contributed by atoms with Gasteiger partial charge in [0.15, 0.2) is 0 Å². The highest BCUT2D eigenvalue weighted by Gasteiger charge is 2.34. The van der Waals surface area contributed by atoms with Crippen molar-refractivity contribution >= 4 is 21.8 Å². The van der Waals surface area contributed by atoms with Crippen LogP contribution in [0.1, 0.15) is 29.6 Å². The molecule has 1 aliphatic heterocycles. The topological polar surface area (TPSA) is 45.2 Å². The van der Waals surface area contributed by atoms with Gasteiger partial charge in [0.25, 0.3) is 5.91 Å². The highest BCUT2D eigenvalue weighted by molar-refractivity contribution is 9.10. The van der Waals surface area contributed by atoms with Crippen LogP contribution in [-0.4, -0.2) is 41.5 Å². The number of likely N-dealkylation sites (tertiary alicyclic amines) is 1. The quantitative estimate of drug-likeness (QED) is 0.863. The van der Waals surface area contributed by atoms with E-state index in [2.05, 4.69) is 31.1 Å². The molecule has 1 aromatic heterocycles. The maximum absolute atomic E-state index is 12.1. The number of hydrogen-bond acceptors (Lipinski definition) is 3. The van der Waals surface area contributed by atoms with Gasteiger partial charge in [-0.25, -0.2) is 4.98 Å². The van der Waals surface area contributed by atoms with Gasteiger partial charge in [-0.2, -0.15) is 0 Å². The lowest BCUT2D eigenvalue weighted by Gasteiger charge is -2.15. The maximum atomic E-state index is 12.1. The summed E-state index contributed by atoms with van der Waals surface area (Å²) in [5.74, 6) is 0.560. The van der Waals surface area contributed by atoms with E-state index in [9.17, 15) is 4.79 Å². The van der Waals surface area contributed by atoms with E-state index in [0.717, 1.165) is 19.1 Å². The lowest BCUT2D eigenvalue weighted by atomic mass is 10.1. The van der Waals surface area contributed by atoms with Crippen molar-refractivity contribution < 1.29 is 4.79 Å². The summed E-state index contributed by atoms with van der Waals surface area (Å²) in [5, 5.41) is 3.03. The minimum Gasteiger partial charge on any atom is -0.352 e. The van der Waals surface area contributed by atoms with Crippen LogP contribution in [-0.2, 0) is 0 Å². The Balaban J connectivity index is 1.50. The molecule has 0 aromatic carbocycles. The number of hydrogen-bond donors (Lipinski definition) is 1. The van der Waals surface area contributed by atoms with Gasteiger partial charge in [0.2, 0.25) is 0 Å². The number of carbonyl (C=O) groups is 1. The van der Waals surface area contributed by atoms with E-state index in [0.29, 0.717) is 16.1 Å². The molecule has 0 spiro atoms. The Kier molecular flexibility index (Phi) is 3.84. The number of amides is 1. The van der Waals surface area contributed by atoms with Gasteiger partial charge in [0, 0.05) is 25.3 Å². The number of pyridine rings is 1. The molecule has 1 saturated carbocycles. The first-order chi connectivity index (χ1) is 9.24. The average molecular weight is 324 g/mol. The molecule has 1 aliphatic carbocycles. The third-order valence-electron chi connectivity index (χ3n) is 3.94. The highest BCUT2D eigenvalue weighted by atomic mass is 79.9. The molecular weight excluding hydrogens is 306 g/mol. The normalized spacial score (nSPS) is 23.5. The van der Waals surface area contributed by atoms with Crippen molar-refractivity contribution in [2.24, 2.45) is 5.92 Å². The van der Waals surface area contributed by atoms with Gasteiger partial charge in [-0.3, -0.25) is 4.79 Å². The summed E-state index contributed by atoms with van der Waals surface area (Å²) >= 11 is 3.31. The van der Waals surface area contributed by atoms with Gasteiger partial charge in [-0.15, -0.1) is 0 Å². The first-order valence-corrected chi connectivity index (χ1v) is 7.66. The number of halogens is 1. The highest BCUT2D eigenvalue weighted by Crippen LogP contribution is 2.31. The molecule has 19 heavy (non-hydrogen) atoms. The molecule has 2 aliphatic rings. The van der Waals surface area contributed by atoms with Gasteiger partial charge in [-0.05, 0) is 59.8 Å². The van der Waals surface area contributed by atoms with Crippen molar-refractivity contribution in [3.63, 3.8) is 0 Å². The summed E-state index contributed by atoms with van der Waals surface area (Å²) in [6.07, 6.45) is 5.60. The van der Waals surface area contributed by atoms with Crippen LogP contribution in [0.25, 0.3) is 0 Å². The number of nitrogens with one attached hydrogen (secondary N) is 1. The Hall–Kier alpha value is -0.940. The van der Waals surface area contributed by atoms with Crippen molar-refractivity contribution in [2.75, 3.05) is 19.6 Å². The molecule has 1 atom stereocenters. The summed E-state index contributed by atoms with van der Waals surface area (Å²) < 4.78 is 0.610. The van der Waals surface area contributed by atoms with Crippen LogP contribution in [0.5, 0.6) is 0 Å². The predicted octanol–water partition coefficient (Wildman–Crippen LogP) is 2.06. The van der Waals surface area contributed by atoms with Crippen LogP contribution >= 0.6 is 15.9 Å². The zero-order valence-corrected chi connectivity index (χ0v) is 12.4. The van der Waals surface area contributed by atoms with Crippen LogP contribution < -0.4 is 5.32 Å². The molecule has 0 radical (unpaired) electrons. The van der Waals surface area contributed by atoms with Crippen LogP contribution in [0.3, 0.4) is 0 Å². The van der Waals surface area contributed by atoms with Crippen molar-refractivity contribution in [3.8, 4) is 0 Å². The molecule has 2 heterocycles. The zero-order chi connectivity index (χ0) is 13.2. The first kappa shape index (κ1) is 13.1. The summed E-state index contributed by atoms with van der Waals surface area (Å²) in [6.45, 7) is 3.10. The van der Waals surface area contributed by atoms with E-state index in [4.69, 9.17) is 0 Å². The number of rotatable bonds is 4. The lowest BCUT2D eigenvalue weighted by Crippen LogP contribution is -2.31.